The van der Waals surface area contributed by atoms with Crippen molar-refractivity contribution in [3.05, 3.63) is 51.4 Å². The first-order chi connectivity index (χ1) is 14.9. The van der Waals surface area contributed by atoms with Gasteiger partial charge in [0, 0.05) is 24.0 Å². The number of benzene rings is 2. The smallest absolute Gasteiger partial charge is 0.399 e. The van der Waals surface area contributed by atoms with Crippen LogP contribution in [0.5, 0.6) is 0 Å². The van der Waals surface area contributed by atoms with Gasteiger partial charge in [0.1, 0.15) is 0 Å². The molecule has 0 radical (unpaired) electrons. The maximum absolute atomic E-state index is 6.53. The summed E-state index contributed by atoms with van der Waals surface area (Å²) in [6, 6.07) is 7.71. The van der Waals surface area contributed by atoms with Crippen LogP contribution in [0.4, 0.5) is 0 Å². The SMILES string of the molecule is Cn1cnc2ccc(B3OC(C)(C)C(C)(C)O3)c(Cl)c21.Cn1cnc2ccc(Br)c(Cl)c21. The van der Waals surface area contributed by atoms with Crippen LogP contribution < -0.4 is 5.46 Å². The van der Waals surface area contributed by atoms with E-state index in [1.165, 1.54) is 0 Å². The highest BCUT2D eigenvalue weighted by Gasteiger charge is 2.52. The van der Waals surface area contributed by atoms with Gasteiger partial charge >= 0.3 is 7.12 Å². The number of halogens is 3. The van der Waals surface area contributed by atoms with Crippen molar-refractivity contribution >= 4 is 73.8 Å². The van der Waals surface area contributed by atoms with Gasteiger partial charge in [0.25, 0.3) is 0 Å². The zero-order chi connectivity index (χ0) is 23.4. The summed E-state index contributed by atoms with van der Waals surface area (Å²) >= 11 is 16.0. The summed E-state index contributed by atoms with van der Waals surface area (Å²) in [6.45, 7) is 8.13. The zero-order valence-electron chi connectivity index (χ0n) is 18.8. The maximum Gasteiger partial charge on any atom is 0.496 e. The molecule has 0 amide bonds. The highest BCUT2D eigenvalue weighted by atomic mass is 79.9. The van der Waals surface area contributed by atoms with Crippen LogP contribution in [0.3, 0.4) is 0 Å². The van der Waals surface area contributed by atoms with Crippen LogP contribution in [0, 0.1) is 0 Å². The number of hydrogen-bond donors (Lipinski definition) is 0. The van der Waals surface area contributed by atoms with Gasteiger partial charge in [-0.1, -0.05) is 29.3 Å². The Morgan fingerprint density at radius 1 is 0.812 bits per heavy atom. The fourth-order valence-corrected chi connectivity index (χ4v) is 4.54. The van der Waals surface area contributed by atoms with Crippen molar-refractivity contribution in [2.24, 2.45) is 14.1 Å². The minimum Gasteiger partial charge on any atom is -0.399 e. The number of fused-ring (bicyclic) bond motifs is 2. The first-order valence-electron chi connectivity index (χ1n) is 10.1. The molecule has 1 aliphatic heterocycles. The van der Waals surface area contributed by atoms with Crippen molar-refractivity contribution in [2.75, 3.05) is 0 Å². The van der Waals surface area contributed by atoms with E-state index in [1.807, 2.05) is 75.2 Å². The van der Waals surface area contributed by atoms with Crippen LogP contribution in [0.15, 0.2) is 41.4 Å². The molecule has 0 unspecified atom stereocenters. The average Bonchev–Trinajstić information content (AvgIpc) is 3.34. The molecule has 0 aliphatic carbocycles. The fourth-order valence-electron chi connectivity index (χ4n) is 3.54. The zero-order valence-corrected chi connectivity index (χ0v) is 21.9. The molecule has 5 rings (SSSR count). The van der Waals surface area contributed by atoms with Gasteiger partial charge in [-0.2, -0.15) is 0 Å². The van der Waals surface area contributed by atoms with Crippen LogP contribution in [0.1, 0.15) is 27.7 Å². The summed E-state index contributed by atoms with van der Waals surface area (Å²) in [6.07, 6.45) is 3.51. The van der Waals surface area contributed by atoms with E-state index < -0.39 is 7.12 Å². The van der Waals surface area contributed by atoms with Crippen molar-refractivity contribution in [2.45, 2.75) is 38.9 Å². The second kappa shape index (κ2) is 8.33. The van der Waals surface area contributed by atoms with Gasteiger partial charge in [0.05, 0.1) is 56.0 Å². The molecule has 6 nitrogen and oxygen atoms in total. The molecule has 0 atom stereocenters. The first kappa shape index (κ1) is 23.6. The number of imidazole rings is 2. The van der Waals surface area contributed by atoms with E-state index >= 15 is 0 Å². The monoisotopic (exact) mass is 536 g/mol. The minimum absolute atomic E-state index is 0.373. The molecule has 1 aliphatic rings. The number of aromatic nitrogens is 4. The molecule has 0 spiro atoms. The second-order valence-electron chi connectivity index (χ2n) is 8.86. The first-order valence-corrected chi connectivity index (χ1v) is 11.7. The molecule has 2 aromatic heterocycles. The van der Waals surface area contributed by atoms with Gasteiger partial charge in [-0.3, -0.25) is 0 Å². The molecule has 168 valence electrons. The van der Waals surface area contributed by atoms with Crippen molar-refractivity contribution in [1.29, 1.82) is 0 Å². The van der Waals surface area contributed by atoms with E-state index in [-0.39, 0.29) is 11.2 Å². The Balaban J connectivity index is 0.000000174. The standard InChI is InChI=1S/C14H18BClN2O2.C8H6BrClN2/c1-13(2)14(3,4)20-15(19-13)9-6-7-10-12(11(9)16)18(5)8-17-10;1-12-4-11-6-3-2-5(9)7(10)8(6)12/h6-8H,1-5H3;2-4H,1H3. The molecule has 1 saturated heterocycles. The highest BCUT2D eigenvalue weighted by molar-refractivity contribution is 9.10. The predicted octanol–water partition coefficient (Wildman–Crippen LogP) is 5.52. The minimum atomic E-state index is -0.452. The molecule has 3 heterocycles. The van der Waals surface area contributed by atoms with E-state index in [1.54, 1.807) is 12.7 Å². The number of nitrogens with zero attached hydrogens (tertiary/aromatic N) is 4. The van der Waals surface area contributed by atoms with E-state index in [4.69, 9.17) is 32.5 Å². The maximum atomic E-state index is 6.53. The van der Waals surface area contributed by atoms with Gasteiger partial charge in [-0.05, 0) is 61.8 Å². The largest absolute Gasteiger partial charge is 0.496 e. The van der Waals surface area contributed by atoms with E-state index in [9.17, 15) is 0 Å². The molecule has 0 N–H and O–H groups in total. The van der Waals surface area contributed by atoms with Crippen LogP contribution in [0.25, 0.3) is 22.1 Å². The Labute approximate surface area is 206 Å². The normalized spacial score (nSPS) is 17.1. The van der Waals surface area contributed by atoms with E-state index in [0.29, 0.717) is 10.0 Å². The molecule has 10 heteroatoms. The van der Waals surface area contributed by atoms with Crippen molar-refractivity contribution in [1.82, 2.24) is 19.1 Å². The van der Waals surface area contributed by atoms with Gasteiger partial charge < -0.3 is 18.4 Å². The predicted molar refractivity (Wildman–Crippen MR) is 135 cm³/mol. The quantitative estimate of drug-likeness (QED) is 0.300. The average molecular weight is 538 g/mol. The Kier molecular flexibility index (Phi) is 6.14. The van der Waals surface area contributed by atoms with Gasteiger partial charge in [-0.15, -0.1) is 0 Å². The molecule has 1 fully saturated rings. The fraction of sp³-hybridized carbons (Fsp3) is 0.364. The van der Waals surface area contributed by atoms with Crippen LogP contribution in [0.2, 0.25) is 10.0 Å². The number of rotatable bonds is 1. The molecule has 2 aromatic carbocycles. The summed E-state index contributed by atoms with van der Waals surface area (Å²) in [5.41, 5.74) is 3.76. The van der Waals surface area contributed by atoms with Crippen LogP contribution in [-0.4, -0.2) is 37.4 Å². The van der Waals surface area contributed by atoms with E-state index in [2.05, 4.69) is 25.9 Å². The summed E-state index contributed by atoms with van der Waals surface area (Å²) < 4.78 is 16.8. The lowest BCUT2D eigenvalue weighted by atomic mass is 9.79. The van der Waals surface area contributed by atoms with Crippen molar-refractivity contribution in [3.63, 3.8) is 0 Å². The number of aryl methyl sites for hydroxylation is 2. The third-order valence-corrected chi connectivity index (χ3v) is 7.79. The molecule has 32 heavy (non-hydrogen) atoms. The number of hydrogen-bond acceptors (Lipinski definition) is 4. The molecule has 4 aromatic rings. The summed E-state index contributed by atoms with van der Waals surface area (Å²) in [5, 5.41) is 1.36. The van der Waals surface area contributed by atoms with E-state index in [0.717, 1.165) is 32.0 Å². The van der Waals surface area contributed by atoms with Crippen molar-refractivity contribution in [3.8, 4) is 0 Å². The Morgan fingerprint density at radius 3 is 1.81 bits per heavy atom. The molecular weight excluding hydrogens is 514 g/mol. The third-order valence-electron chi connectivity index (χ3n) is 6.13. The lowest BCUT2D eigenvalue weighted by Gasteiger charge is -2.32. The van der Waals surface area contributed by atoms with Gasteiger partial charge in [0.15, 0.2) is 0 Å². The molecule has 0 saturated carbocycles. The van der Waals surface area contributed by atoms with Crippen molar-refractivity contribution < 1.29 is 9.31 Å². The summed E-state index contributed by atoms with van der Waals surface area (Å²) in [7, 11) is 3.40. The Hall–Kier alpha value is -1.58. The third kappa shape index (κ3) is 3.97. The Bertz CT molecular complexity index is 1300. The van der Waals surface area contributed by atoms with Gasteiger partial charge in [0.2, 0.25) is 0 Å². The lowest BCUT2D eigenvalue weighted by molar-refractivity contribution is 0.00578. The topological polar surface area (TPSA) is 54.1 Å². The summed E-state index contributed by atoms with van der Waals surface area (Å²) in [5.74, 6) is 0. The van der Waals surface area contributed by atoms with Gasteiger partial charge in [-0.25, -0.2) is 9.97 Å². The lowest BCUT2D eigenvalue weighted by Crippen LogP contribution is -2.41. The Morgan fingerprint density at radius 2 is 1.28 bits per heavy atom. The summed E-state index contributed by atoms with van der Waals surface area (Å²) in [4.78, 5) is 8.48. The molecule has 0 bridgehead atoms. The second-order valence-corrected chi connectivity index (χ2v) is 10.5. The van der Waals surface area contributed by atoms with Crippen LogP contribution in [-0.2, 0) is 23.4 Å². The van der Waals surface area contributed by atoms with Crippen LogP contribution >= 0.6 is 39.1 Å². The molecular formula is C22H24BBrCl2N4O2. The highest BCUT2D eigenvalue weighted by Crippen LogP contribution is 2.37.